The van der Waals surface area contributed by atoms with Crippen molar-refractivity contribution in [1.82, 2.24) is 5.32 Å². The summed E-state index contributed by atoms with van der Waals surface area (Å²) in [4.78, 5) is 0. The van der Waals surface area contributed by atoms with Crippen LogP contribution in [0.2, 0.25) is 5.02 Å². The van der Waals surface area contributed by atoms with Crippen LogP contribution in [-0.4, -0.2) is 5.54 Å². The van der Waals surface area contributed by atoms with E-state index in [1.54, 1.807) is 6.26 Å². The van der Waals surface area contributed by atoms with Crippen LogP contribution in [0.25, 0.3) is 11.0 Å². The number of furan rings is 1. The Labute approximate surface area is 101 Å². The van der Waals surface area contributed by atoms with Crippen LogP contribution in [0, 0.1) is 0 Å². The second kappa shape index (κ2) is 4.11. The normalized spacial score (nSPS) is 12.2. The Hall–Kier alpha value is -0.990. The summed E-state index contributed by atoms with van der Waals surface area (Å²) in [5, 5.41) is 5.19. The van der Waals surface area contributed by atoms with Gasteiger partial charge >= 0.3 is 0 Å². The highest BCUT2D eigenvalue weighted by molar-refractivity contribution is 6.34. The predicted octanol–water partition coefficient (Wildman–Crippen LogP) is 3.97. The van der Waals surface area contributed by atoms with E-state index in [0.29, 0.717) is 5.02 Å². The molecule has 1 aromatic heterocycles. The van der Waals surface area contributed by atoms with Crippen molar-refractivity contribution in [2.45, 2.75) is 32.9 Å². The molecule has 1 aromatic carbocycles. The monoisotopic (exact) mass is 237 g/mol. The summed E-state index contributed by atoms with van der Waals surface area (Å²) in [7, 11) is 0. The fourth-order valence-electron chi connectivity index (χ4n) is 1.57. The quantitative estimate of drug-likeness (QED) is 0.855. The largest absolute Gasteiger partial charge is 0.462 e. The Balaban J connectivity index is 2.29. The van der Waals surface area contributed by atoms with Crippen LogP contribution in [0.4, 0.5) is 0 Å². The maximum Gasteiger partial charge on any atom is 0.152 e. The van der Waals surface area contributed by atoms with Crippen molar-refractivity contribution in [3.63, 3.8) is 0 Å². The Bertz CT molecular complexity index is 496. The van der Waals surface area contributed by atoms with E-state index in [9.17, 15) is 0 Å². The average molecular weight is 238 g/mol. The van der Waals surface area contributed by atoms with Gasteiger partial charge in [0.2, 0.25) is 0 Å². The first-order chi connectivity index (χ1) is 7.47. The molecule has 0 unspecified atom stereocenters. The Morgan fingerprint density at radius 3 is 2.75 bits per heavy atom. The Morgan fingerprint density at radius 2 is 2.06 bits per heavy atom. The van der Waals surface area contributed by atoms with Crippen molar-refractivity contribution in [3.8, 4) is 0 Å². The summed E-state index contributed by atoms with van der Waals surface area (Å²) in [5.41, 5.74) is 2.02. The van der Waals surface area contributed by atoms with Gasteiger partial charge in [0.15, 0.2) is 5.58 Å². The van der Waals surface area contributed by atoms with Crippen LogP contribution in [0.3, 0.4) is 0 Å². The van der Waals surface area contributed by atoms with Gasteiger partial charge in [0.1, 0.15) is 0 Å². The number of hydrogen-bond donors (Lipinski definition) is 1. The molecule has 0 amide bonds. The van der Waals surface area contributed by atoms with E-state index in [1.165, 1.54) is 0 Å². The second-order valence-corrected chi connectivity index (χ2v) is 5.39. The highest BCUT2D eigenvalue weighted by Crippen LogP contribution is 2.27. The summed E-state index contributed by atoms with van der Waals surface area (Å²) >= 11 is 6.05. The molecule has 2 nitrogen and oxygen atoms in total. The standard InChI is InChI=1S/C13H16ClNO/c1-13(2,3)15-7-9-8-16-12-10(9)5-4-6-11(12)14/h4-6,8,15H,7H2,1-3H3. The first kappa shape index (κ1) is 11.5. The van der Waals surface area contributed by atoms with Gasteiger partial charge in [0.25, 0.3) is 0 Å². The number of nitrogens with one attached hydrogen (secondary N) is 1. The van der Waals surface area contributed by atoms with Crippen LogP contribution in [0.5, 0.6) is 0 Å². The van der Waals surface area contributed by atoms with Crippen molar-refractivity contribution in [2.75, 3.05) is 0 Å². The lowest BCUT2D eigenvalue weighted by atomic mass is 10.1. The highest BCUT2D eigenvalue weighted by Gasteiger charge is 2.12. The number of fused-ring (bicyclic) bond motifs is 1. The van der Waals surface area contributed by atoms with Gasteiger partial charge in [-0.15, -0.1) is 0 Å². The third-order valence-electron chi connectivity index (χ3n) is 2.44. The SMILES string of the molecule is CC(C)(C)NCc1coc2c(Cl)cccc12. The molecule has 0 aliphatic heterocycles. The topological polar surface area (TPSA) is 25.2 Å². The van der Waals surface area contributed by atoms with Gasteiger partial charge < -0.3 is 9.73 Å². The molecular formula is C13H16ClNO. The molecule has 0 aliphatic rings. The lowest BCUT2D eigenvalue weighted by molar-refractivity contribution is 0.423. The molecule has 0 spiro atoms. The van der Waals surface area contributed by atoms with Crippen molar-refractivity contribution < 1.29 is 4.42 Å². The number of hydrogen-bond acceptors (Lipinski definition) is 2. The number of para-hydroxylation sites is 1. The van der Waals surface area contributed by atoms with E-state index >= 15 is 0 Å². The van der Waals surface area contributed by atoms with Crippen molar-refractivity contribution in [2.24, 2.45) is 0 Å². The van der Waals surface area contributed by atoms with Crippen LogP contribution in [-0.2, 0) is 6.54 Å². The molecule has 0 fully saturated rings. The fraction of sp³-hybridized carbons (Fsp3) is 0.385. The summed E-state index contributed by atoms with van der Waals surface area (Å²) in [6.45, 7) is 7.21. The van der Waals surface area contributed by atoms with E-state index < -0.39 is 0 Å². The third kappa shape index (κ3) is 2.39. The molecule has 16 heavy (non-hydrogen) atoms. The van der Waals surface area contributed by atoms with Gasteiger partial charge in [-0.2, -0.15) is 0 Å². The molecule has 3 heteroatoms. The highest BCUT2D eigenvalue weighted by atomic mass is 35.5. The summed E-state index contributed by atoms with van der Waals surface area (Å²) in [5.74, 6) is 0. The average Bonchev–Trinajstić information content (AvgIpc) is 2.58. The first-order valence-corrected chi connectivity index (χ1v) is 5.75. The predicted molar refractivity (Wildman–Crippen MR) is 67.8 cm³/mol. The molecule has 0 aliphatic carbocycles. The van der Waals surface area contributed by atoms with E-state index in [0.717, 1.165) is 23.1 Å². The Kier molecular flexibility index (Phi) is 2.96. The van der Waals surface area contributed by atoms with Gasteiger partial charge in [-0.3, -0.25) is 0 Å². The molecule has 0 saturated heterocycles. The van der Waals surface area contributed by atoms with Crippen LogP contribution in [0.1, 0.15) is 26.3 Å². The van der Waals surface area contributed by atoms with Gasteiger partial charge in [-0.05, 0) is 26.8 Å². The third-order valence-corrected chi connectivity index (χ3v) is 2.74. The van der Waals surface area contributed by atoms with Crippen LogP contribution < -0.4 is 5.32 Å². The molecule has 1 heterocycles. The zero-order valence-corrected chi connectivity index (χ0v) is 10.6. The lowest BCUT2D eigenvalue weighted by Crippen LogP contribution is -2.34. The summed E-state index contributed by atoms with van der Waals surface area (Å²) < 4.78 is 5.47. The minimum atomic E-state index is 0.0994. The maximum atomic E-state index is 6.05. The van der Waals surface area contributed by atoms with Gasteiger partial charge in [-0.1, -0.05) is 23.7 Å². The number of benzene rings is 1. The minimum absolute atomic E-state index is 0.0994. The van der Waals surface area contributed by atoms with Gasteiger partial charge in [-0.25, -0.2) is 0 Å². The van der Waals surface area contributed by atoms with Crippen molar-refractivity contribution >= 4 is 22.6 Å². The number of rotatable bonds is 2. The number of halogens is 1. The summed E-state index contributed by atoms with van der Waals surface area (Å²) in [6, 6.07) is 5.82. The lowest BCUT2D eigenvalue weighted by Gasteiger charge is -2.19. The molecule has 2 aromatic rings. The fourth-order valence-corrected chi connectivity index (χ4v) is 1.79. The second-order valence-electron chi connectivity index (χ2n) is 4.98. The minimum Gasteiger partial charge on any atom is -0.462 e. The van der Waals surface area contributed by atoms with Gasteiger partial charge in [0, 0.05) is 23.0 Å². The molecular weight excluding hydrogens is 222 g/mol. The van der Waals surface area contributed by atoms with Gasteiger partial charge in [0.05, 0.1) is 11.3 Å². The smallest absolute Gasteiger partial charge is 0.152 e. The maximum absolute atomic E-state index is 6.05. The Morgan fingerprint density at radius 1 is 1.31 bits per heavy atom. The van der Waals surface area contributed by atoms with Crippen molar-refractivity contribution in [1.29, 1.82) is 0 Å². The molecule has 0 bridgehead atoms. The van der Waals surface area contributed by atoms with E-state index in [1.807, 2.05) is 18.2 Å². The zero-order chi connectivity index (χ0) is 11.8. The zero-order valence-electron chi connectivity index (χ0n) is 9.80. The van der Waals surface area contributed by atoms with E-state index in [-0.39, 0.29) is 5.54 Å². The van der Waals surface area contributed by atoms with Crippen LogP contribution >= 0.6 is 11.6 Å². The molecule has 0 saturated carbocycles. The van der Waals surface area contributed by atoms with Crippen LogP contribution in [0.15, 0.2) is 28.9 Å². The molecule has 2 rings (SSSR count). The molecule has 86 valence electrons. The molecule has 1 N–H and O–H groups in total. The summed E-state index contributed by atoms with van der Waals surface area (Å²) in [6.07, 6.45) is 1.77. The first-order valence-electron chi connectivity index (χ1n) is 5.37. The van der Waals surface area contributed by atoms with E-state index in [2.05, 4.69) is 26.1 Å². The molecule has 0 radical (unpaired) electrons. The van der Waals surface area contributed by atoms with Crippen molar-refractivity contribution in [3.05, 3.63) is 35.0 Å². The molecule has 0 atom stereocenters. The van der Waals surface area contributed by atoms with E-state index in [4.69, 9.17) is 16.0 Å².